The lowest BCUT2D eigenvalue weighted by atomic mass is 9.94. The second kappa shape index (κ2) is 6.38. The predicted molar refractivity (Wildman–Crippen MR) is 86.2 cm³/mol. The molecule has 0 saturated heterocycles. The molecule has 0 aromatic carbocycles. The average molecular weight is 344 g/mol. The van der Waals surface area contributed by atoms with Gasteiger partial charge in [-0.2, -0.15) is 5.10 Å². The molecule has 2 aromatic heterocycles. The van der Waals surface area contributed by atoms with Gasteiger partial charge in [0.25, 0.3) is 0 Å². The Bertz CT molecular complexity index is 659. The first-order valence-corrected chi connectivity index (χ1v) is 9.35. The highest BCUT2D eigenvalue weighted by Crippen LogP contribution is 2.33. The molecule has 8 heteroatoms. The number of thioether (sulfide) groups is 1. The number of aromatic amines is 1. The summed E-state index contributed by atoms with van der Waals surface area (Å²) in [6.45, 7) is 0. The number of carbonyl (C=O) groups excluding carboxylic acids is 1. The lowest BCUT2D eigenvalue weighted by molar-refractivity contribution is -0.119. The van der Waals surface area contributed by atoms with Gasteiger partial charge in [-0.15, -0.1) is 11.3 Å². The van der Waals surface area contributed by atoms with Gasteiger partial charge in [0.15, 0.2) is 8.29 Å². The molecular formula is C12H13N3OS4. The van der Waals surface area contributed by atoms with Crippen LogP contribution in [-0.4, -0.2) is 21.9 Å². The van der Waals surface area contributed by atoms with Crippen LogP contribution in [0, 0.1) is 3.95 Å². The number of rotatable bonds is 4. The molecule has 0 bridgehead atoms. The third kappa shape index (κ3) is 3.30. The minimum absolute atomic E-state index is 0.0557. The number of H-pyrrole nitrogens is 1. The Morgan fingerprint density at radius 2 is 2.55 bits per heavy atom. The Labute approximate surface area is 134 Å². The summed E-state index contributed by atoms with van der Waals surface area (Å²) in [5.41, 5.74) is 1.30. The highest BCUT2D eigenvalue weighted by atomic mass is 32.2. The number of aryl methyl sites for hydroxylation is 1. The Balaban J connectivity index is 1.56. The van der Waals surface area contributed by atoms with Crippen LogP contribution in [0.1, 0.15) is 29.3 Å². The van der Waals surface area contributed by atoms with E-state index in [1.54, 1.807) is 11.3 Å². The molecule has 4 nitrogen and oxygen atoms in total. The molecule has 1 atom stereocenters. The highest BCUT2D eigenvalue weighted by Gasteiger charge is 2.22. The van der Waals surface area contributed by atoms with Gasteiger partial charge in [-0.25, -0.2) is 0 Å². The van der Waals surface area contributed by atoms with Crippen LogP contribution in [-0.2, 0) is 11.2 Å². The lowest BCUT2D eigenvalue weighted by Crippen LogP contribution is -2.31. The van der Waals surface area contributed by atoms with Gasteiger partial charge in [-0.05, 0) is 48.5 Å². The zero-order valence-corrected chi connectivity index (χ0v) is 13.8. The monoisotopic (exact) mass is 343 g/mol. The Kier molecular flexibility index (Phi) is 4.54. The SMILES string of the molecule is O=C(CSc1n[nH]c(=S)s1)NC1CCCc2sccc21. The van der Waals surface area contributed by atoms with Gasteiger partial charge in [0.2, 0.25) is 5.91 Å². The van der Waals surface area contributed by atoms with E-state index in [-0.39, 0.29) is 11.9 Å². The summed E-state index contributed by atoms with van der Waals surface area (Å²) in [5.74, 6) is 0.437. The molecule has 1 aliphatic rings. The lowest BCUT2D eigenvalue weighted by Gasteiger charge is -2.23. The second-order valence-corrected chi connectivity index (χ2v) is 8.37. The minimum atomic E-state index is 0.0557. The predicted octanol–water partition coefficient (Wildman–Crippen LogP) is 3.55. The number of fused-ring (bicyclic) bond motifs is 1. The molecule has 1 amide bonds. The molecule has 106 valence electrons. The molecule has 0 radical (unpaired) electrons. The van der Waals surface area contributed by atoms with Crippen molar-refractivity contribution in [2.45, 2.75) is 29.6 Å². The van der Waals surface area contributed by atoms with E-state index >= 15 is 0 Å². The number of nitrogens with zero attached hydrogens (tertiary/aromatic N) is 1. The molecule has 0 aliphatic heterocycles. The minimum Gasteiger partial charge on any atom is -0.349 e. The average Bonchev–Trinajstić information content (AvgIpc) is 3.05. The van der Waals surface area contributed by atoms with Crippen LogP contribution in [0.25, 0.3) is 0 Å². The molecule has 20 heavy (non-hydrogen) atoms. The van der Waals surface area contributed by atoms with Crippen LogP contribution in [0.3, 0.4) is 0 Å². The summed E-state index contributed by atoms with van der Waals surface area (Å²) in [6.07, 6.45) is 3.32. The fourth-order valence-corrected chi connectivity index (χ4v) is 5.16. The number of nitrogens with one attached hydrogen (secondary N) is 2. The van der Waals surface area contributed by atoms with Crippen LogP contribution in [0.15, 0.2) is 15.8 Å². The van der Waals surface area contributed by atoms with E-state index in [9.17, 15) is 4.79 Å². The van der Waals surface area contributed by atoms with Gasteiger partial charge in [-0.1, -0.05) is 23.1 Å². The van der Waals surface area contributed by atoms with Crippen LogP contribution in [0.2, 0.25) is 0 Å². The van der Waals surface area contributed by atoms with E-state index in [1.165, 1.54) is 33.5 Å². The highest BCUT2D eigenvalue weighted by molar-refractivity contribution is 8.01. The van der Waals surface area contributed by atoms with Crippen molar-refractivity contribution >= 4 is 52.6 Å². The van der Waals surface area contributed by atoms with Crippen molar-refractivity contribution in [2.75, 3.05) is 5.75 Å². The zero-order chi connectivity index (χ0) is 13.9. The van der Waals surface area contributed by atoms with Crippen LogP contribution in [0.5, 0.6) is 0 Å². The second-order valence-electron chi connectivity index (χ2n) is 4.48. The van der Waals surface area contributed by atoms with Crippen molar-refractivity contribution in [3.05, 3.63) is 25.8 Å². The molecule has 3 rings (SSSR count). The summed E-state index contributed by atoms with van der Waals surface area (Å²) in [7, 11) is 0. The van der Waals surface area contributed by atoms with Gasteiger partial charge in [0.05, 0.1) is 11.8 Å². The van der Waals surface area contributed by atoms with Gasteiger partial charge in [-0.3, -0.25) is 9.89 Å². The Hall–Kier alpha value is -0.700. The molecule has 1 aliphatic carbocycles. The van der Waals surface area contributed by atoms with Gasteiger partial charge >= 0.3 is 0 Å². The summed E-state index contributed by atoms with van der Waals surface area (Å²) in [6, 6.07) is 2.31. The van der Waals surface area contributed by atoms with Crippen molar-refractivity contribution < 1.29 is 4.79 Å². The fraction of sp³-hybridized carbons (Fsp3) is 0.417. The first-order chi connectivity index (χ1) is 9.72. The van der Waals surface area contributed by atoms with Gasteiger partial charge in [0, 0.05) is 4.88 Å². The van der Waals surface area contributed by atoms with Crippen molar-refractivity contribution in [1.29, 1.82) is 0 Å². The third-order valence-corrected chi connectivity index (χ3v) is 6.36. The molecule has 2 heterocycles. The smallest absolute Gasteiger partial charge is 0.230 e. The molecule has 0 spiro atoms. The van der Waals surface area contributed by atoms with E-state index in [2.05, 4.69) is 27.0 Å². The normalized spacial score (nSPS) is 17.7. The van der Waals surface area contributed by atoms with Crippen LogP contribution >= 0.6 is 46.7 Å². The first kappa shape index (κ1) is 14.2. The molecule has 1 unspecified atom stereocenters. The standard InChI is InChI=1S/C12H13N3OS4/c16-10(6-19-12-15-14-11(17)20-12)13-8-2-1-3-9-7(8)4-5-18-9/h4-5,8H,1-3,6H2,(H,13,16)(H,14,17). The molecule has 0 fully saturated rings. The van der Waals surface area contributed by atoms with Crippen molar-refractivity contribution in [3.63, 3.8) is 0 Å². The maximum absolute atomic E-state index is 12.0. The third-order valence-electron chi connectivity index (χ3n) is 3.13. The topological polar surface area (TPSA) is 57.8 Å². The largest absolute Gasteiger partial charge is 0.349 e. The zero-order valence-electron chi connectivity index (χ0n) is 10.5. The Morgan fingerprint density at radius 3 is 3.35 bits per heavy atom. The van der Waals surface area contributed by atoms with Gasteiger partial charge < -0.3 is 5.32 Å². The van der Waals surface area contributed by atoms with E-state index in [0.717, 1.165) is 23.6 Å². The van der Waals surface area contributed by atoms with E-state index in [0.29, 0.717) is 9.71 Å². The first-order valence-electron chi connectivity index (χ1n) is 6.26. The summed E-state index contributed by atoms with van der Waals surface area (Å²) < 4.78 is 1.45. The number of thiophene rings is 1. The number of aromatic nitrogens is 2. The molecule has 2 N–H and O–H groups in total. The fourth-order valence-electron chi connectivity index (χ4n) is 2.28. The molecular weight excluding hydrogens is 330 g/mol. The quantitative estimate of drug-likeness (QED) is 0.658. The van der Waals surface area contributed by atoms with Crippen molar-refractivity contribution in [1.82, 2.24) is 15.5 Å². The Morgan fingerprint density at radius 1 is 1.65 bits per heavy atom. The molecule has 2 aromatic rings. The number of carbonyl (C=O) groups is 1. The van der Waals surface area contributed by atoms with E-state index < -0.39 is 0 Å². The summed E-state index contributed by atoms with van der Waals surface area (Å²) in [5, 5.41) is 12.0. The maximum Gasteiger partial charge on any atom is 0.230 e. The summed E-state index contributed by atoms with van der Waals surface area (Å²) >= 11 is 9.57. The van der Waals surface area contributed by atoms with E-state index in [1.807, 2.05) is 0 Å². The number of amides is 1. The van der Waals surface area contributed by atoms with E-state index in [4.69, 9.17) is 12.2 Å². The van der Waals surface area contributed by atoms with Crippen LogP contribution < -0.4 is 5.32 Å². The van der Waals surface area contributed by atoms with Crippen LogP contribution in [0.4, 0.5) is 0 Å². The van der Waals surface area contributed by atoms with Crippen molar-refractivity contribution in [2.24, 2.45) is 0 Å². The maximum atomic E-state index is 12.0. The number of hydrogen-bond acceptors (Lipinski definition) is 6. The van der Waals surface area contributed by atoms with Gasteiger partial charge in [0.1, 0.15) is 0 Å². The molecule has 0 saturated carbocycles. The number of hydrogen-bond donors (Lipinski definition) is 2. The summed E-state index contributed by atoms with van der Waals surface area (Å²) in [4.78, 5) is 13.5. The van der Waals surface area contributed by atoms with Crippen molar-refractivity contribution in [3.8, 4) is 0 Å².